The van der Waals surface area contributed by atoms with E-state index in [0.717, 1.165) is 12.0 Å². The number of rotatable bonds is 13. The first kappa shape index (κ1) is 21.9. The van der Waals surface area contributed by atoms with Gasteiger partial charge in [-0.2, -0.15) is 0 Å². The van der Waals surface area contributed by atoms with Gasteiger partial charge in [0.25, 0.3) is 0 Å². The van der Waals surface area contributed by atoms with Crippen molar-refractivity contribution in [1.29, 1.82) is 0 Å². The Morgan fingerprint density at radius 1 is 0.786 bits per heavy atom. The van der Waals surface area contributed by atoms with Crippen molar-refractivity contribution in [2.75, 3.05) is 0 Å². The van der Waals surface area contributed by atoms with E-state index in [0.29, 0.717) is 12.3 Å². The molecule has 28 heavy (non-hydrogen) atoms. The van der Waals surface area contributed by atoms with Crippen LogP contribution >= 0.6 is 0 Å². The van der Waals surface area contributed by atoms with Gasteiger partial charge in [0, 0.05) is 6.42 Å². The number of hydrogen-bond acceptors (Lipinski definition) is 1. The predicted octanol–water partition coefficient (Wildman–Crippen LogP) is 7.74. The van der Waals surface area contributed by atoms with Crippen molar-refractivity contribution in [2.45, 2.75) is 58.3 Å². The van der Waals surface area contributed by atoms with Crippen molar-refractivity contribution in [3.63, 3.8) is 0 Å². The number of carbonyl (C=O) groups excluding carboxylic acids is 1. The number of carbonyl (C=O) groups is 1. The Bertz CT molecular complexity index is 712. The highest BCUT2D eigenvalue weighted by atomic mass is 16.1. The van der Waals surface area contributed by atoms with E-state index < -0.39 is 0 Å². The van der Waals surface area contributed by atoms with Crippen LogP contribution in [-0.4, -0.2) is 5.78 Å². The average molecular weight is 375 g/mol. The molecule has 0 saturated carbocycles. The molecule has 2 rings (SSSR count). The Morgan fingerprint density at radius 2 is 1.36 bits per heavy atom. The molecule has 0 spiro atoms. The molecule has 1 heteroatoms. The maximum atomic E-state index is 12.5. The Kier molecular flexibility index (Phi) is 10.7. The standard InChI is InChI=1S/C27H34O/c1-2-3-4-5-6-9-18-26(20-19-24-14-10-7-11-15-24)23-27(28)22-21-25-16-12-8-13-17-25/h7-8,10-17,19-22,26H,2-6,9,18,23H2,1H3/b20-19+,22-21+/t26-/m0/s1. The fourth-order valence-electron chi connectivity index (χ4n) is 3.34. The summed E-state index contributed by atoms with van der Waals surface area (Å²) in [5, 5.41) is 0. The summed E-state index contributed by atoms with van der Waals surface area (Å²) < 4.78 is 0. The van der Waals surface area contributed by atoms with Gasteiger partial charge in [0.1, 0.15) is 0 Å². The van der Waals surface area contributed by atoms with Crippen LogP contribution in [0.5, 0.6) is 0 Å². The first-order valence-electron chi connectivity index (χ1n) is 10.8. The topological polar surface area (TPSA) is 17.1 Å². The van der Waals surface area contributed by atoms with E-state index in [1.54, 1.807) is 6.08 Å². The van der Waals surface area contributed by atoms with E-state index in [4.69, 9.17) is 0 Å². The van der Waals surface area contributed by atoms with E-state index in [2.05, 4.69) is 43.3 Å². The van der Waals surface area contributed by atoms with Crippen molar-refractivity contribution < 1.29 is 4.79 Å². The van der Waals surface area contributed by atoms with Gasteiger partial charge < -0.3 is 0 Å². The van der Waals surface area contributed by atoms with Crippen LogP contribution in [0.3, 0.4) is 0 Å². The minimum absolute atomic E-state index is 0.206. The molecule has 0 aliphatic heterocycles. The van der Waals surface area contributed by atoms with E-state index in [-0.39, 0.29) is 5.78 Å². The Morgan fingerprint density at radius 3 is 2.00 bits per heavy atom. The maximum Gasteiger partial charge on any atom is 0.156 e. The largest absolute Gasteiger partial charge is 0.295 e. The quantitative estimate of drug-likeness (QED) is 0.259. The molecule has 2 aromatic rings. The van der Waals surface area contributed by atoms with Crippen LogP contribution in [0.2, 0.25) is 0 Å². The lowest BCUT2D eigenvalue weighted by Crippen LogP contribution is -2.04. The molecule has 2 aromatic carbocycles. The van der Waals surface area contributed by atoms with Gasteiger partial charge in [0.15, 0.2) is 5.78 Å². The molecule has 0 bridgehead atoms. The lowest BCUT2D eigenvalue weighted by Gasteiger charge is -2.11. The zero-order valence-corrected chi connectivity index (χ0v) is 17.2. The molecule has 0 amide bonds. The summed E-state index contributed by atoms with van der Waals surface area (Å²) in [6.45, 7) is 2.25. The Balaban J connectivity index is 1.89. The second-order valence-electron chi connectivity index (χ2n) is 7.50. The van der Waals surface area contributed by atoms with Crippen molar-refractivity contribution >= 4 is 17.9 Å². The second-order valence-corrected chi connectivity index (χ2v) is 7.50. The van der Waals surface area contributed by atoms with Crippen LogP contribution in [0, 0.1) is 5.92 Å². The van der Waals surface area contributed by atoms with Gasteiger partial charge in [-0.25, -0.2) is 0 Å². The average Bonchev–Trinajstić information content (AvgIpc) is 2.74. The van der Waals surface area contributed by atoms with Crippen LogP contribution in [0.25, 0.3) is 12.2 Å². The molecule has 0 fully saturated rings. The van der Waals surface area contributed by atoms with Crippen LogP contribution in [0.4, 0.5) is 0 Å². The first-order chi connectivity index (χ1) is 13.8. The van der Waals surface area contributed by atoms with E-state index in [1.807, 2.05) is 42.5 Å². The second kappa shape index (κ2) is 13.7. The van der Waals surface area contributed by atoms with Gasteiger partial charge in [-0.3, -0.25) is 4.79 Å². The third-order valence-electron chi connectivity index (χ3n) is 5.01. The maximum absolute atomic E-state index is 12.5. The highest BCUT2D eigenvalue weighted by Crippen LogP contribution is 2.19. The minimum Gasteiger partial charge on any atom is -0.295 e. The molecule has 148 valence electrons. The van der Waals surface area contributed by atoms with Crippen LogP contribution in [0.1, 0.15) is 69.4 Å². The molecule has 0 radical (unpaired) electrons. The Labute approximate surface area is 171 Å². The van der Waals surface area contributed by atoms with Crippen LogP contribution in [-0.2, 0) is 4.79 Å². The number of hydrogen-bond donors (Lipinski definition) is 0. The molecule has 1 atom stereocenters. The molecule has 0 aliphatic carbocycles. The monoisotopic (exact) mass is 374 g/mol. The molecule has 0 unspecified atom stereocenters. The fourth-order valence-corrected chi connectivity index (χ4v) is 3.34. The van der Waals surface area contributed by atoms with E-state index >= 15 is 0 Å². The van der Waals surface area contributed by atoms with Gasteiger partial charge in [-0.15, -0.1) is 0 Å². The molecule has 0 aromatic heterocycles. The zero-order chi connectivity index (χ0) is 19.9. The van der Waals surface area contributed by atoms with E-state index in [1.165, 1.54) is 44.1 Å². The fraction of sp³-hybridized carbons (Fsp3) is 0.370. The van der Waals surface area contributed by atoms with Crippen LogP contribution < -0.4 is 0 Å². The molecule has 0 aliphatic rings. The summed E-state index contributed by atoms with van der Waals surface area (Å²) in [6.07, 6.45) is 17.4. The molecule has 0 N–H and O–H groups in total. The zero-order valence-electron chi connectivity index (χ0n) is 17.2. The van der Waals surface area contributed by atoms with Crippen molar-refractivity contribution in [2.24, 2.45) is 5.92 Å². The molecule has 0 saturated heterocycles. The summed E-state index contributed by atoms with van der Waals surface area (Å²) in [5.41, 5.74) is 2.27. The highest BCUT2D eigenvalue weighted by molar-refractivity contribution is 5.93. The van der Waals surface area contributed by atoms with Gasteiger partial charge in [0.05, 0.1) is 0 Å². The van der Waals surface area contributed by atoms with Gasteiger partial charge in [-0.05, 0) is 29.5 Å². The summed E-state index contributed by atoms with van der Waals surface area (Å²) in [7, 11) is 0. The molecular weight excluding hydrogens is 340 g/mol. The van der Waals surface area contributed by atoms with Gasteiger partial charge >= 0.3 is 0 Å². The minimum atomic E-state index is 0.206. The summed E-state index contributed by atoms with van der Waals surface area (Å²) in [4.78, 5) is 12.5. The molecule has 1 nitrogen and oxygen atoms in total. The van der Waals surface area contributed by atoms with Crippen molar-refractivity contribution in [3.8, 4) is 0 Å². The van der Waals surface area contributed by atoms with Gasteiger partial charge in [-0.1, -0.05) is 124 Å². The predicted molar refractivity (Wildman–Crippen MR) is 122 cm³/mol. The number of unbranched alkanes of at least 4 members (excludes halogenated alkanes) is 5. The smallest absolute Gasteiger partial charge is 0.156 e. The lowest BCUT2D eigenvalue weighted by molar-refractivity contribution is -0.115. The third-order valence-corrected chi connectivity index (χ3v) is 5.01. The van der Waals surface area contributed by atoms with Crippen molar-refractivity contribution in [3.05, 3.63) is 83.9 Å². The summed E-state index contributed by atoms with van der Waals surface area (Å²) in [6, 6.07) is 20.4. The first-order valence-corrected chi connectivity index (χ1v) is 10.8. The highest BCUT2D eigenvalue weighted by Gasteiger charge is 2.09. The summed E-state index contributed by atoms with van der Waals surface area (Å²) >= 11 is 0. The molecule has 0 heterocycles. The van der Waals surface area contributed by atoms with Crippen LogP contribution in [0.15, 0.2) is 72.8 Å². The normalized spacial score (nSPS) is 12.6. The third kappa shape index (κ3) is 9.50. The SMILES string of the molecule is CCCCCCCC[C@@H](/C=C/c1ccccc1)CC(=O)/C=C/c1ccccc1. The lowest BCUT2D eigenvalue weighted by atomic mass is 9.93. The number of ketones is 1. The summed E-state index contributed by atoms with van der Waals surface area (Å²) in [5.74, 6) is 0.511. The molecular formula is C27H34O. The van der Waals surface area contributed by atoms with E-state index in [9.17, 15) is 4.79 Å². The van der Waals surface area contributed by atoms with Gasteiger partial charge in [0.2, 0.25) is 0 Å². The Hall–Kier alpha value is -2.41. The number of benzene rings is 2. The van der Waals surface area contributed by atoms with Crippen molar-refractivity contribution in [1.82, 2.24) is 0 Å². The number of allylic oxidation sites excluding steroid dienone is 2.